The number of aliphatic hydroxyl groups excluding tert-OH is 1. The van der Waals surface area contributed by atoms with Crippen LogP contribution in [0.15, 0.2) is 0 Å². The smallest absolute Gasteiger partial charge is 0.0897 e. The summed E-state index contributed by atoms with van der Waals surface area (Å²) in [6, 6.07) is 0.504. The van der Waals surface area contributed by atoms with Crippen LogP contribution in [0, 0.1) is 0 Å². The molecule has 2 atom stereocenters. The molecule has 0 amide bonds. The van der Waals surface area contributed by atoms with Gasteiger partial charge in [-0.1, -0.05) is 26.2 Å². The third kappa shape index (κ3) is 6.98. The molecule has 0 heterocycles. The Bertz CT molecular complexity index is 189. The van der Waals surface area contributed by atoms with E-state index in [1.165, 1.54) is 32.1 Å². The van der Waals surface area contributed by atoms with E-state index in [4.69, 9.17) is 4.74 Å². The summed E-state index contributed by atoms with van der Waals surface area (Å²) in [5.74, 6) is 1.10. The molecule has 0 bridgehead atoms. The monoisotopic (exact) mass is 275 g/mol. The Morgan fingerprint density at radius 1 is 1.33 bits per heavy atom. The molecule has 0 aromatic rings. The molecule has 3 nitrogen and oxygen atoms in total. The molecule has 1 rings (SSSR count). The minimum absolute atomic E-state index is 0.372. The lowest BCUT2D eigenvalue weighted by atomic mass is 9.98. The van der Waals surface area contributed by atoms with E-state index in [1.807, 2.05) is 11.8 Å². The fourth-order valence-electron chi connectivity index (χ4n) is 2.36. The first kappa shape index (κ1) is 16.3. The Kier molecular flexibility index (Phi) is 9.11. The minimum Gasteiger partial charge on any atom is -0.389 e. The second kappa shape index (κ2) is 10.1. The summed E-state index contributed by atoms with van der Waals surface area (Å²) >= 11 is 1.85. The summed E-state index contributed by atoms with van der Waals surface area (Å²) < 4.78 is 5.78. The normalized spacial score (nSPS) is 20.8. The molecule has 1 saturated carbocycles. The van der Waals surface area contributed by atoms with Crippen molar-refractivity contribution >= 4 is 11.8 Å². The summed E-state index contributed by atoms with van der Waals surface area (Å²) in [6.07, 6.45) is 9.49. The Morgan fingerprint density at radius 3 is 2.67 bits per heavy atom. The van der Waals surface area contributed by atoms with Crippen molar-refractivity contribution in [3.63, 3.8) is 0 Å². The second-order valence-electron chi connectivity index (χ2n) is 5.22. The van der Waals surface area contributed by atoms with Crippen LogP contribution in [0.1, 0.15) is 45.4 Å². The number of aliphatic hydroxyl groups is 1. The summed E-state index contributed by atoms with van der Waals surface area (Å²) in [4.78, 5) is 0. The maximum atomic E-state index is 9.90. The van der Waals surface area contributed by atoms with Gasteiger partial charge in [-0.3, -0.25) is 0 Å². The van der Waals surface area contributed by atoms with E-state index in [0.717, 1.165) is 12.2 Å². The van der Waals surface area contributed by atoms with Crippen LogP contribution < -0.4 is 5.32 Å². The van der Waals surface area contributed by atoms with E-state index < -0.39 is 0 Å². The summed E-state index contributed by atoms with van der Waals surface area (Å²) in [6.45, 7) is 3.30. The molecule has 18 heavy (non-hydrogen) atoms. The molecule has 1 aliphatic rings. The molecule has 0 aliphatic heterocycles. The molecule has 0 aromatic carbocycles. The topological polar surface area (TPSA) is 41.5 Å². The zero-order valence-electron chi connectivity index (χ0n) is 11.9. The average molecular weight is 275 g/mol. The van der Waals surface area contributed by atoms with Gasteiger partial charge in [-0.05, 0) is 25.5 Å². The molecule has 1 aliphatic carbocycles. The summed E-state index contributed by atoms with van der Waals surface area (Å²) in [5, 5.41) is 13.3. The molecular formula is C14H29NO2S. The lowest BCUT2D eigenvalue weighted by molar-refractivity contribution is -0.0234. The van der Waals surface area contributed by atoms with Crippen LogP contribution in [0.3, 0.4) is 0 Å². The Balaban J connectivity index is 2.06. The zero-order chi connectivity index (χ0) is 13.2. The lowest BCUT2D eigenvalue weighted by Crippen LogP contribution is -2.39. The molecular weight excluding hydrogens is 246 g/mol. The fraction of sp³-hybridized carbons (Fsp3) is 1.00. The standard InChI is InChI=1S/C14H29NO2S/c1-3-12(11-18-2)15-9-13(16)10-17-14-7-5-4-6-8-14/h12-16H,3-11H2,1-2H3. The van der Waals surface area contributed by atoms with Gasteiger partial charge in [0.15, 0.2) is 0 Å². The van der Waals surface area contributed by atoms with Gasteiger partial charge in [0.25, 0.3) is 0 Å². The molecule has 0 radical (unpaired) electrons. The molecule has 2 N–H and O–H groups in total. The highest BCUT2D eigenvalue weighted by molar-refractivity contribution is 7.98. The van der Waals surface area contributed by atoms with Crippen molar-refractivity contribution in [3.8, 4) is 0 Å². The van der Waals surface area contributed by atoms with E-state index in [9.17, 15) is 5.11 Å². The van der Waals surface area contributed by atoms with Crippen LogP contribution in [-0.2, 0) is 4.74 Å². The summed E-state index contributed by atoms with van der Waals surface area (Å²) in [7, 11) is 0. The fourth-order valence-corrected chi connectivity index (χ4v) is 3.12. The highest BCUT2D eigenvalue weighted by atomic mass is 32.2. The SMILES string of the molecule is CCC(CSC)NCC(O)COC1CCCCC1. The van der Waals surface area contributed by atoms with Crippen molar-refractivity contribution in [2.75, 3.05) is 25.2 Å². The largest absolute Gasteiger partial charge is 0.389 e. The first-order chi connectivity index (χ1) is 8.76. The number of nitrogens with one attached hydrogen (secondary N) is 1. The van der Waals surface area contributed by atoms with Crippen molar-refractivity contribution in [2.24, 2.45) is 0 Å². The van der Waals surface area contributed by atoms with Gasteiger partial charge in [-0.15, -0.1) is 0 Å². The first-order valence-corrected chi connectivity index (χ1v) is 8.67. The van der Waals surface area contributed by atoms with Crippen molar-refractivity contribution in [3.05, 3.63) is 0 Å². The van der Waals surface area contributed by atoms with Gasteiger partial charge >= 0.3 is 0 Å². The van der Waals surface area contributed by atoms with Crippen LogP contribution in [-0.4, -0.2) is 48.5 Å². The second-order valence-corrected chi connectivity index (χ2v) is 6.13. The number of hydrogen-bond acceptors (Lipinski definition) is 4. The van der Waals surface area contributed by atoms with E-state index in [1.54, 1.807) is 0 Å². The molecule has 2 unspecified atom stereocenters. The van der Waals surface area contributed by atoms with Gasteiger partial charge in [0.2, 0.25) is 0 Å². The van der Waals surface area contributed by atoms with E-state index in [2.05, 4.69) is 18.5 Å². The Labute approximate surface area is 116 Å². The van der Waals surface area contributed by atoms with Gasteiger partial charge in [0, 0.05) is 18.3 Å². The van der Waals surface area contributed by atoms with Crippen LogP contribution in [0.2, 0.25) is 0 Å². The van der Waals surface area contributed by atoms with Gasteiger partial charge < -0.3 is 15.2 Å². The van der Waals surface area contributed by atoms with Gasteiger partial charge in [0.1, 0.15) is 0 Å². The van der Waals surface area contributed by atoms with E-state index in [-0.39, 0.29) is 6.10 Å². The van der Waals surface area contributed by atoms with Crippen LogP contribution in [0.25, 0.3) is 0 Å². The molecule has 0 spiro atoms. The number of ether oxygens (including phenoxy) is 1. The third-order valence-electron chi connectivity index (χ3n) is 3.58. The molecule has 0 saturated heterocycles. The summed E-state index contributed by atoms with van der Waals surface area (Å²) in [5.41, 5.74) is 0. The Hall–Kier alpha value is 0.230. The minimum atomic E-state index is -0.372. The molecule has 108 valence electrons. The number of hydrogen-bond donors (Lipinski definition) is 2. The van der Waals surface area contributed by atoms with Gasteiger partial charge in [0.05, 0.1) is 18.8 Å². The van der Waals surface area contributed by atoms with Crippen LogP contribution in [0.4, 0.5) is 0 Å². The molecule has 4 heteroatoms. The van der Waals surface area contributed by atoms with Crippen LogP contribution in [0.5, 0.6) is 0 Å². The van der Waals surface area contributed by atoms with Crippen molar-refractivity contribution < 1.29 is 9.84 Å². The highest BCUT2D eigenvalue weighted by Gasteiger charge is 2.16. The zero-order valence-corrected chi connectivity index (χ0v) is 12.7. The Morgan fingerprint density at radius 2 is 2.06 bits per heavy atom. The average Bonchev–Trinajstić information content (AvgIpc) is 2.42. The quantitative estimate of drug-likeness (QED) is 0.678. The van der Waals surface area contributed by atoms with Crippen LogP contribution >= 0.6 is 11.8 Å². The lowest BCUT2D eigenvalue weighted by Gasteiger charge is -2.24. The maximum Gasteiger partial charge on any atom is 0.0897 e. The third-order valence-corrected chi connectivity index (χ3v) is 4.32. The maximum absolute atomic E-state index is 9.90. The van der Waals surface area contributed by atoms with Gasteiger partial charge in [-0.25, -0.2) is 0 Å². The predicted molar refractivity (Wildman–Crippen MR) is 79.3 cm³/mol. The first-order valence-electron chi connectivity index (χ1n) is 7.28. The predicted octanol–water partition coefficient (Wildman–Crippen LogP) is 2.43. The number of thioether (sulfide) groups is 1. The van der Waals surface area contributed by atoms with Gasteiger partial charge in [-0.2, -0.15) is 11.8 Å². The molecule has 0 aromatic heterocycles. The highest BCUT2D eigenvalue weighted by Crippen LogP contribution is 2.20. The number of rotatable bonds is 9. The van der Waals surface area contributed by atoms with Crippen molar-refractivity contribution in [1.29, 1.82) is 0 Å². The van der Waals surface area contributed by atoms with E-state index in [0.29, 0.717) is 25.3 Å². The van der Waals surface area contributed by atoms with Crippen molar-refractivity contribution in [1.82, 2.24) is 5.32 Å². The van der Waals surface area contributed by atoms with Crippen molar-refractivity contribution in [2.45, 2.75) is 63.7 Å². The van der Waals surface area contributed by atoms with E-state index >= 15 is 0 Å². The molecule has 1 fully saturated rings.